The molecule has 0 aliphatic carbocycles. The van der Waals surface area contributed by atoms with Gasteiger partial charge in [-0.25, -0.2) is 0 Å². The van der Waals surface area contributed by atoms with Crippen LogP contribution in [0.5, 0.6) is 5.75 Å². The van der Waals surface area contributed by atoms with Crippen molar-refractivity contribution in [1.82, 2.24) is 20.2 Å². The van der Waals surface area contributed by atoms with E-state index in [0.29, 0.717) is 16.8 Å². The molecule has 0 saturated heterocycles. The molecule has 0 aliphatic heterocycles. The smallest absolute Gasteiger partial charge is 0.214 e. The summed E-state index contributed by atoms with van der Waals surface area (Å²) >= 11 is 1.40. The zero-order chi connectivity index (χ0) is 19.2. The summed E-state index contributed by atoms with van der Waals surface area (Å²) in [4.78, 5) is 0. The summed E-state index contributed by atoms with van der Waals surface area (Å²) in [5, 5.41) is 22.8. The lowest BCUT2D eigenvalue weighted by Gasteiger charge is -2.13. The summed E-state index contributed by atoms with van der Waals surface area (Å²) < 4.78 is 7.38. The minimum absolute atomic E-state index is 0.225. The highest BCUT2D eigenvalue weighted by Gasteiger charge is 2.13. The Balaban J connectivity index is 1.57. The van der Waals surface area contributed by atoms with Crippen molar-refractivity contribution in [3.05, 3.63) is 59.7 Å². The van der Waals surface area contributed by atoms with Gasteiger partial charge in [0, 0.05) is 5.75 Å². The van der Waals surface area contributed by atoms with Crippen molar-refractivity contribution in [2.75, 3.05) is 12.4 Å². The number of hydrogen-bond donors (Lipinski definition) is 1. The molecule has 0 bridgehead atoms. The summed E-state index contributed by atoms with van der Waals surface area (Å²) in [6, 6.07) is 15.9. The minimum atomic E-state index is -0.622. The van der Waals surface area contributed by atoms with E-state index in [2.05, 4.69) is 41.5 Å². The standard InChI is InChI=1S/C20H24N4O2S/c1-14(2)16-8-10-17(11-9-16)24-20(21-22-23-24)27-13-18(25)12-26-19-7-5-4-6-15(19)3/h4-11,14,18,25H,12-13H2,1-3H3/t18-/m1/s1. The highest BCUT2D eigenvalue weighted by Crippen LogP contribution is 2.22. The van der Waals surface area contributed by atoms with Crippen LogP contribution in [-0.4, -0.2) is 43.8 Å². The minimum Gasteiger partial charge on any atom is -0.491 e. The molecule has 27 heavy (non-hydrogen) atoms. The fourth-order valence-corrected chi connectivity index (χ4v) is 3.35. The van der Waals surface area contributed by atoms with Gasteiger partial charge in [-0.1, -0.05) is 55.9 Å². The molecule has 1 N–H and O–H groups in total. The predicted octanol–water partition coefficient (Wildman–Crippen LogP) is 3.63. The third-order valence-electron chi connectivity index (χ3n) is 4.17. The molecule has 0 spiro atoms. The van der Waals surface area contributed by atoms with Crippen molar-refractivity contribution >= 4 is 11.8 Å². The van der Waals surface area contributed by atoms with Gasteiger partial charge in [0.2, 0.25) is 5.16 Å². The molecule has 0 unspecified atom stereocenters. The quantitative estimate of drug-likeness (QED) is 0.598. The van der Waals surface area contributed by atoms with Gasteiger partial charge in [0.15, 0.2) is 0 Å². The van der Waals surface area contributed by atoms with E-state index in [1.54, 1.807) is 4.68 Å². The third-order valence-corrected chi connectivity index (χ3v) is 5.24. The zero-order valence-electron chi connectivity index (χ0n) is 15.7. The second-order valence-corrected chi connectivity index (χ2v) is 7.65. The second kappa shape index (κ2) is 9.01. The van der Waals surface area contributed by atoms with E-state index in [-0.39, 0.29) is 6.61 Å². The first-order valence-corrected chi connectivity index (χ1v) is 9.91. The molecule has 0 aliphatic rings. The summed E-state index contributed by atoms with van der Waals surface area (Å²) in [6.07, 6.45) is -0.622. The normalized spacial score (nSPS) is 12.3. The number of aryl methyl sites for hydroxylation is 1. The molecule has 1 aromatic heterocycles. The van der Waals surface area contributed by atoms with Crippen LogP contribution in [0.2, 0.25) is 0 Å². The Morgan fingerprint density at radius 3 is 2.56 bits per heavy atom. The van der Waals surface area contributed by atoms with Crippen LogP contribution in [-0.2, 0) is 0 Å². The predicted molar refractivity (Wildman–Crippen MR) is 107 cm³/mol. The lowest BCUT2D eigenvalue weighted by molar-refractivity contribution is 0.126. The highest BCUT2D eigenvalue weighted by molar-refractivity contribution is 7.99. The van der Waals surface area contributed by atoms with Gasteiger partial charge in [-0.2, -0.15) is 4.68 Å². The maximum atomic E-state index is 10.2. The number of ether oxygens (including phenoxy) is 1. The maximum absolute atomic E-state index is 10.2. The number of para-hydroxylation sites is 1. The van der Waals surface area contributed by atoms with Crippen LogP contribution in [0.25, 0.3) is 5.69 Å². The van der Waals surface area contributed by atoms with Gasteiger partial charge in [-0.15, -0.1) is 5.10 Å². The monoisotopic (exact) mass is 384 g/mol. The number of nitrogens with zero attached hydrogens (tertiary/aromatic N) is 4. The van der Waals surface area contributed by atoms with E-state index in [1.807, 2.05) is 43.3 Å². The van der Waals surface area contributed by atoms with Crippen molar-refractivity contribution in [1.29, 1.82) is 0 Å². The molecule has 0 amide bonds. The summed E-state index contributed by atoms with van der Waals surface area (Å²) in [5.41, 5.74) is 3.22. The van der Waals surface area contributed by atoms with E-state index in [1.165, 1.54) is 17.3 Å². The number of tetrazole rings is 1. The van der Waals surface area contributed by atoms with Gasteiger partial charge in [0.05, 0.1) is 11.8 Å². The molecule has 2 aromatic carbocycles. The van der Waals surface area contributed by atoms with Crippen molar-refractivity contribution in [3.8, 4) is 11.4 Å². The Kier molecular flexibility index (Phi) is 6.47. The number of aromatic nitrogens is 4. The lowest BCUT2D eigenvalue weighted by atomic mass is 10.0. The molecule has 3 aromatic rings. The Morgan fingerprint density at radius 2 is 1.85 bits per heavy atom. The van der Waals surface area contributed by atoms with E-state index in [9.17, 15) is 5.11 Å². The fraction of sp³-hybridized carbons (Fsp3) is 0.350. The van der Waals surface area contributed by atoms with Crippen molar-refractivity contribution in [2.45, 2.75) is 37.9 Å². The van der Waals surface area contributed by atoms with Gasteiger partial charge in [-0.3, -0.25) is 0 Å². The largest absolute Gasteiger partial charge is 0.491 e. The zero-order valence-corrected chi connectivity index (χ0v) is 16.6. The molecule has 1 atom stereocenters. The third kappa shape index (κ3) is 5.08. The van der Waals surface area contributed by atoms with Gasteiger partial charge in [-0.05, 0) is 52.6 Å². The van der Waals surface area contributed by atoms with Crippen LogP contribution >= 0.6 is 11.8 Å². The molecule has 6 nitrogen and oxygen atoms in total. The molecule has 7 heteroatoms. The number of rotatable bonds is 8. The van der Waals surface area contributed by atoms with Crippen LogP contribution in [0.4, 0.5) is 0 Å². The van der Waals surface area contributed by atoms with Crippen molar-refractivity contribution in [3.63, 3.8) is 0 Å². The average molecular weight is 385 g/mol. The number of benzene rings is 2. The van der Waals surface area contributed by atoms with Crippen LogP contribution in [0.1, 0.15) is 30.9 Å². The Morgan fingerprint density at radius 1 is 1.11 bits per heavy atom. The number of thioether (sulfide) groups is 1. The lowest BCUT2D eigenvalue weighted by Crippen LogP contribution is -2.20. The van der Waals surface area contributed by atoms with E-state index in [4.69, 9.17) is 4.74 Å². The van der Waals surface area contributed by atoms with Gasteiger partial charge < -0.3 is 9.84 Å². The van der Waals surface area contributed by atoms with Gasteiger partial charge in [0.1, 0.15) is 12.4 Å². The molecule has 0 fully saturated rings. The molecular formula is C20H24N4O2S. The maximum Gasteiger partial charge on any atom is 0.214 e. The van der Waals surface area contributed by atoms with Crippen molar-refractivity contribution in [2.24, 2.45) is 0 Å². The fourth-order valence-electron chi connectivity index (χ4n) is 2.55. The van der Waals surface area contributed by atoms with Gasteiger partial charge in [0.25, 0.3) is 0 Å². The van der Waals surface area contributed by atoms with Gasteiger partial charge >= 0.3 is 0 Å². The first-order chi connectivity index (χ1) is 13.0. The Hall–Kier alpha value is -2.38. The molecule has 1 heterocycles. The molecular weight excluding hydrogens is 360 g/mol. The second-order valence-electron chi connectivity index (χ2n) is 6.66. The number of aliphatic hydroxyl groups excluding tert-OH is 1. The summed E-state index contributed by atoms with van der Waals surface area (Å²) in [5.74, 6) is 1.71. The SMILES string of the molecule is Cc1ccccc1OC[C@@H](O)CSc1nnnn1-c1ccc(C(C)C)cc1. The molecule has 0 saturated carbocycles. The van der Waals surface area contributed by atoms with E-state index < -0.39 is 6.10 Å². The Bertz CT molecular complexity index is 864. The first kappa shape index (κ1) is 19.4. The highest BCUT2D eigenvalue weighted by atomic mass is 32.2. The number of aliphatic hydroxyl groups is 1. The molecule has 3 rings (SSSR count). The molecule has 0 radical (unpaired) electrons. The average Bonchev–Trinajstić information content (AvgIpc) is 3.14. The molecule has 142 valence electrons. The summed E-state index contributed by atoms with van der Waals surface area (Å²) in [6.45, 7) is 6.53. The van der Waals surface area contributed by atoms with Crippen molar-refractivity contribution < 1.29 is 9.84 Å². The topological polar surface area (TPSA) is 73.1 Å². The first-order valence-electron chi connectivity index (χ1n) is 8.92. The van der Waals surface area contributed by atoms with Crippen LogP contribution in [0.15, 0.2) is 53.7 Å². The Labute approximate surface area is 163 Å². The van der Waals surface area contributed by atoms with Crippen LogP contribution in [0, 0.1) is 6.92 Å². The number of hydrogen-bond acceptors (Lipinski definition) is 6. The van der Waals surface area contributed by atoms with Crippen LogP contribution < -0.4 is 4.74 Å². The van der Waals surface area contributed by atoms with E-state index >= 15 is 0 Å². The van der Waals surface area contributed by atoms with Crippen LogP contribution in [0.3, 0.4) is 0 Å². The summed E-state index contributed by atoms with van der Waals surface area (Å²) in [7, 11) is 0. The van der Waals surface area contributed by atoms with E-state index in [0.717, 1.165) is 17.0 Å².